The lowest BCUT2D eigenvalue weighted by atomic mass is 10.1. The van der Waals surface area contributed by atoms with Crippen LogP contribution in [-0.2, 0) is 4.79 Å². The maximum absolute atomic E-state index is 12.4. The van der Waals surface area contributed by atoms with Crippen molar-refractivity contribution >= 4 is 33.4 Å². The second-order valence-electron chi connectivity index (χ2n) is 6.70. The number of halogens is 1. The summed E-state index contributed by atoms with van der Waals surface area (Å²) in [6.07, 6.45) is 0.872. The Labute approximate surface area is 156 Å². The van der Waals surface area contributed by atoms with Crippen LogP contribution in [-0.4, -0.2) is 17.9 Å². The van der Waals surface area contributed by atoms with Crippen molar-refractivity contribution in [2.24, 2.45) is 5.92 Å². The number of rotatable bonds is 5. The smallest absolute Gasteiger partial charge is 0.251 e. The Balaban J connectivity index is 1.58. The van der Waals surface area contributed by atoms with E-state index in [4.69, 9.17) is 0 Å². The fourth-order valence-corrected chi connectivity index (χ4v) is 3.29. The average Bonchev–Trinajstić information content (AvgIpc) is 3.35. The largest absolute Gasteiger partial charge is 0.350 e. The summed E-state index contributed by atoms with van der Waals surface area (Å²) < 4.78 is 1.03. The number of benzene rings is 2. The van der Waals surface area contributed by atoms with Crippen LogP contribution in [0, 0.1) is 5.92 Å². The molecule has 130 valence electrons. The highest BCUT2D eigenvalue weighted by atomic mass is 79.9. The van der Waals surface area contributed by atoms with Gasteiger partial charge in [0.15, 0.2) is 0 Å². The lowest BCUT2D eigenvalue weighted by Gasteiger charge is -2.09. The maximum Gasteiger partial charge on any atom is 0.251 e. The molecule has 1 aliphatic rings. The van der Waals surface area contributed by atoms with Gasteiger partial charge in [-0.2, -0.15) is 0 Å². The van der Waals surface area contributed by atoms with Gasteiger partial charge in [0.25, 0.3) is 5.91 Å². The molecule has 2 atom stereocenters. The molecule has 0 saturated heterocycles. The van der Waals surface area contributed by atoms with Crippen molar-refractivity contribution < 1.29 is 9.59 Å². The van der Waals surface area contributed by atoms with E-state index >= 15 is 0 Å². The number of nitrogens with one attached hydrogen (secondary N) is 2. The molecule has 0 radical (unpaired) electrons. The van der Waals surface area contributed by atoms with Gasteiger partial charge in [0.05, 0.1) is 0 Å². The van der Waals surface area contributed by atoms with E-state index in [1.54, 1.807) is 24.3 Å². The van der Waals surface area contributed by atoms with Crippen LogP contribution in [0.15, 0.2) is 53.0 Å². The highest BCUT2D eigenvalue weighted by molar-refractivity contribution is 9.10. The maximum atomic E-state index is 12.4. The Morgan fingerprint density at radius 3 is 2.48 bits per heavy atom. The van der Waals surface area contributed by atoms with Crippen LogP contribution in [0.5, 0.6) is 0 Å². The molecule has 0 aliphatic heterocycles. The molecule has 1 fully saturated rings. The van der Waals surface area contributed by atoms with Gasteiger partial charge in [0.2, 0.25) is 5.91 Å². The van der Waals surface area contributed by atoms with Crippen LogP contribution in [0.4, 0.5) is 5.69 Å². The third-order valence-electron chi connectivity index (χ3n) is 4.24. The predicted octanol–water partition coefficient (Wildman–Crippen LogP) is 4.33. The lowest BCUT2D eigenvalue weighted by Crippen LogP contribution is -2.30. The molecule has 0 spiro atoms. The monoisotopic (exact) mass is 400 g/mol. The normalized spacial score (nSPS) is 18.7. The summed E-state index contributed by atoms with van der Waals surface area (Å²) in [5.74, 6) is 0.223. The summed E-state index contributed by atoms with van der Waals surface area (Å²) in [6, 6.07) is 15.2. The zero-order valence-corrected chi connectivity index (χ0v) is 15.8. The van der Waals surface area contributed by atoms with Crippen molar-refractivity contribution in [2.75, 3.05) is 5.32 Å². The van der Waals surface area contributed by atoms with Gasteiger partial charge in [-0.15, -0.1) is 0 Å². The van der Waals surface area contributed by atoms with Crippen LogP contribution in [0.2, 0.25) is 0 Å². The molecule has 0 aromatic heterocycles. The summed E-state index contributed by atoms with van der Waals surface area (Å²) in [4.78, 5) is 24.3. The van der Waals surface area contributed by atoms with Crippen LogP contribution in [0.25, 0.3) is 0 Å². The summed E-state index contributed by atoms with van der Waals surface area (Å²) in [5, 5.41) is 5.79. The van der Waals surface area contributed by atoms with Gasteiger partial charge in [-0.1, -0.05) is 28.1 Å². The SMILES string of the molecule is CC(C)NC(=O)c1ccc(NC(=O)C2CC2c2cccc(Br)c2)cc1. The molecule has 3 rings (SSSR count). The highest BCUT2D eigenvalue weighted by Crippen LogP contribution is 2.48. The molecule has 2 unspecified atom stereocenters. The first-order chi connectivity index (χ1) is 11.9. The number of amides is 2. The molecule has 25 heavy (non-hydrogen) atoms. The van der Waals surface area contributed by atoms with E-state index in [0.717, 1.165) is 10.9 Å². The molecule has 2 aromatic carbocycles. The topological polar surface area (TPSA) is 58.2 Å². The van der Waals surface area contributed by atoms with Gasteiger partial charge >= 0.3 is 0 Å². The number of hydrogen-bond donors (Lipinski definition) is 2. The Bertz CT molecular complexity index is 787. The van der Waals surface area contributed by atoms with Gasteiger partial charge in [0.1, 0.15) is 0 Å². The molecule has 4 nitrogen and oxygen atoms in total. The minimum atomic E-state index is -0.107. The van der Waals surface area contributed by atoms with E-state index < -0.39 is 0 Å². The molecule has 2 aromatic rings. The molecule has 5 heteroatoms. The molecule has 1 saturated carbocycles. The lowest BCUT2D eigenvalue weighted by molar-refractivity contribution is -0.117. The van der Waals surface area contributed by atoms with Crippen LogP contribution in [0.3, 0.4) is 0 Å². The molecule has 0 bridgehead atoms. The second kappa shape index (κ2) is 7.40. The van der Waals surface area contributed by atoms with Crippen LogP contribution >= 0.6 is 15.9 Å². The second-order valence-corrected chi connectivity index (χ2v) is 7.61. The molecule has 0 heterocycles. The zero-order valence-electron chi connectivity index (χ0n) is 14.3. The summed E-state index contributed by atoms with van der Waals surface area (Å²) in [5.41, 5.74) is 2.49. The van der Waals surface area contributed by atoms with Gasteiger partial charge in [-0.25, -0.2) is 0 Å². The Morgan fingerprint density at radius 1 is 1.12 bits per heavy atom. The van der Waals surface area contributed by atoms with E-state index in [1.165, 1.54) is 5.56 Å². The van der Waals surface area contributed by atoms with E-state index in [-0.39, 0.29) is 29.7 Å². The first-order valence-corrected chi connectivity index (χ1v) is 9.20. The number of anilines is 1. The molecule has 1 aliphatic carbocycles. The van der Waals surface area contributed by atoms with Gasteiger partial charge in [-0.05, 0) is 68.1 Å². The van der Waals surface area contributed by atoms with E-state index in [9.17, 15) is 9.59 Å². The van der Waals surface area contributed by atoms with E-state index in [1.807, 2.05) is 26.0 Å². The van der Waals surface area contributed by atoms with Gasteiger partial charge in [-0.3, -0.25) is 9.59 Å². The molecule has 2 amide bonds. The third-order valence-corrected chi connectivity index (χ3v) is 4.73. The summed E-state index contributed by atoms with van der Waals surface area (Å²) >= 11 is 3.47. The van der Waals surface area contributed by atoms with Crippen LogP contribution in [0.1, 0.15) is 42.1 Å². The van der Waals surface area contributed by atoms with Crippen molar-refractivity contribution in [3.63, 3.8) is 0 Å². The quantitative estimate of drug-likeness (QED) is 0.784. The van der Waals surface area contributed by atoms with Crippen molar-refractivity contribution in [1.29, 1.82) is 0 Å². The average molecular weight is 401 g/mol. The highest BCUT2D eigenvalue weighted by Gasteiger charge is 2.43. The fraction of sp³-hybridized carbons (Fsp3) is 0.300. The minimum absolute atomic E-state index is 0.0122. The summed E-state index contributed by atoms with van der Waals surface area (Å²) in [6.45, 7) is 3.84. The third kappa shape index (κ3) is 4.48. The zero-order chi connectivity index (χ0) is 18.0. The van der Waals surface area contributed by atoms with Gasteiger partial charge < -0.3 is 10.6 Å². The fourth-order valence-electron chi connectivity index (χ4n) is 2.88. The van der Waals surface area contributed by atoms with Crippen molar-refractivity contribution in [1.82, 2.24) is 5.32 Å². The predicted molar refractivity (Wildman–Crippen MR) is 103 cm³/mol. The minimum Gasteiger partial charge on any atom is -0.350 e. The van der Waals surface area contributed by atoms with Crippen LogP contribution < -0.4 is 10.6 Å². The Kier molecular flexibility index (Phi) is 5.23. The molecule has 2 N–H and O–H groups in total. The first-order valence-electron chi connectivity index (χ1n) is 8.41. The molecular formula is C20H21BrN2O2. The number of hydrogen-bond acceptors (Lipinski definition) is 2. The van der Waals surface area contributed by atoms with E-state index in [2.05, 4.69) is 38.7 Å². The summed E-state index contributed by atoms with van der Waals surface area (Å²) in [7, 11) is 0. The Morgan fingerprint density at radius 2 is 1.84 bits per heavy atom. The number of carbonyl (C=O) groups excluding carboxylic acids is 2. The molecular weight excluding hydrogens is 380 g/mol. The number of carbonyl (C=O) groups is 2. The van der Waals surface area contributed by atoms with Crippen molar-refractivity contribution in [2.45, 2.75) is 32.2 Å². The first kappa shape index (κ1) is 17.7. The van der Waals surface area contributed by atoms with Crippen molar-refractivity contribution in [3.05, 3.63) is 64.1 Å². The standard InChI is InChI=1S/C20H21BrN2O2/c1-12(2)22-19(24)13-6-8-16(9-7-13)23-20(25)18-11-17(18)14-4-3-5-15(21)10-14/h3-10,12,17-18H,11H2,1-2H3,(H,22,24)(H,23,25). The Hall–Kier alpha value is -2.14. The van der Waals surface area contributed by atoms with Gasteiger partial charge in [0, 0.05) is 27.7 Å². The van der Waals surface area contributed by atoms with Crippen molar-refractivity contribution in [3.8, 4) is 0 Å². The van der Waals surface area contributed by atoms with E-state index in [0.29, 0.717) is 11.3 Å².